The van der Waals surface area contributed by atoms with Crippen molar-refractivity contribution < 1.29 is 4.79 Å². The average molecular weight is 201 g/mol. The number of nitriles is 1. The van der Waals surface area contributed by atoms with Crippen LogP contribution in [0, 0.1) is 11.3 Å². The van der Waals surface area contributed by atoms with Gasteiger partial charge in [-0.1, -0.05) is 19.3 Å². The molecule has 72 valence electrons. The summed E-state index contributed by atoms with van der Waals surface area (Å²) in [7, 11) is 0. The van der Waals surface area contributed by atoms with E-state index in [-0.39, 0.29) is 11.8 Å². The second-order valence-electron chi connectivity index (χ2n) is 3.44. The lowest BCUT2D eigenvalue weighted by Crippen LogP contribution is -2.49. The van der Waals surface area contributed by atoms with Gasteiger partial charge in [0.2, 0.25) is 5.91 Å². The Balaban J connectivity index is 2.59. The van der Waals surface area contributed by atoms with Gasteiger partial charge in [0.1, 0.15) is 11.4 Å². The molecule has 1 aliphatic rings. The fourth-order valence-electron chi connectivity index (χ4n) is 1.72. The molecule has 4 heteroatoms. The van der Waals surface area contributed by atoms with Crippen LogP contribution < -0.4 is 5.32 Å². The van der Waals surface area contributed by atoms with E-state index < -0.39 is 5.54 Å². The molecule has 1 aliphatic carbocycles. The first kappa shape index (κ1) is 10.3. The lowest BCUT2D eigenvalue weighted by molar-refractivity contribution is -0.120. The molecular weight excluding hydrogens is 188 g/mol. The van der Waals surface area contributed by atoms with Gasteiger partial charge in [-0.2, -0.15) is 5.26 Å². The van der Waals surface area contributed by atoms with Crippen molar-refractivity contribution in [1.29, 1.82) is 5.26 Å². The predicted molar refractivity (Wildman–Crippen MR) is 50.3 cm³/mol. The van der Waals surface area contributed by atoms with Crippen LogP contribution in [0.25, 0.3) is 0 Å². The SMILES string of the molecule is N#CC1(NC(=O)CCl)CCCCC1. The Morgan fingerprint density at radius 2 is 2.08 bits per heavy atom. The zero-order valence-corrected chi connectivity index (χ0v) is 8.23. The van der Waals surface area contributed by atoms with Crippen LogP contribution in [0.5, 0.6) is 0 Å². The molecule has 13 heavy (non-hydrogen) atoms. The molecule has 0 radical (unpaired) electrons. The Labute approximate surface area is 83.1 Å². The van der Waals surface area contributed by atoms with Gasteiger partial charge in [-0.25, -0.2) is 0 Å². The number of rotatable bonds is 2. The number of amides is 1. The van der Waals surface area contributed by atoms with Gasteiger partial charge in [0.25, 0.3) is 0 Å². The average Bonchev–Trinajstić information content (AvgIpc) is 2.19. The highest BCUT2D eigenvalue weighted by atomic mass is 35.5. The smallest absolute Gasteiger partial charge is 0.236 e. The van der Waals surface area contributed by atoms with Gasteiger partial charge >= 0.3 is 0 Å². The van der Waals surface area contributed by atoms with E-state index in [1.54, 1.807) is 0 Å². The fraction of sp³-hybridized carbons (Fsp3) is 0.778. The summed E-state index contributed by atoms with van der Waals surface area (Å²) in [5.74, 6) is -0.311. The van der Waals surface area contributed by atoms with E-state index in [2.05, 4.69) is 11.4 Å². The molecule has 0 heterocycles. The number of carbonyl (C=O) groups excluding carboxylic acids is 1. The fourth-order valence-corrected chi connectivity index (χ4v) is 1.79. The molecule has 1 amide bonds. The van der Waals surface area contributed by atoms with Crippen molar-refractivity contribution in [2.45, 2.75) is 37.6 Å². The summed E-state index contributed by atoms with van der Waals surface area (Å²) in [6.45, 7) is 0. The highest BCUT2D eigenvalue weighted by Gasteiger charge is 2.33. The van der Waals surface area contributed by atoms with Crippen molar-refractivity contribution >= 4 is 17.5 Å². The van der Waals surface area contributed by atoms with Gasteiger partial charge in [-0.3, -0.25) is 4.79 Å². The number of carbonyl (C=O) groups is 1. The topological polar surface area (TPSA) is 52.9 Å². The minimum atomic E-state index is -0.635. The van der Waals surface area contributed by atoms with Gasteiger partial charge in [0.15, 0.2) is 0 Å². The molecule has 0 aromatic rings. The molecule has 0 saturated heterocycles. The van der Waals surface area contributed by atoms with E-state index in [4.69, 9.17) is 16.9 Å². The molecule has 0 unspecified atom stereocenters. The van der Waals surface area contributed by atoms with E-state index in [9.17, 15) is 4.79 Å². The zero-order valence-electron chi connectivity index (χ0n) is 7.48. The summed E-state index contributed by atoms with van der Waals surface area (Å²) in [5, 5.41) is 11.7. The zero-order chi connectivity index (χ0) is 9.73. The standard InChI is InChI=1S/C9H13ClN2O/c10-6-8(13)12-9(7-11)4-2-1-3-5-9/h1-6H2,(H,12,13). The highest BCUT2D eigenvalue weighted by molar-refractivity contribution is 6.27. The first-order valence-electron chi connectivity index (χ1n) is 4.51. The van der Waals surface area contributed by atoms with Crippen molar-refractivity contribution in [1.82, 2.24) is 5.32 Å². The molecule has 1 saturated carbocycles. The van der Waals surface area contributed by atoms with E-state index in [0.717, 1.165) is 32.1 Å². The number of alkyl halides is 1. The summed E-state index contributed by atoms with van der Waals surface area (Å²) in [4.78, 5) is 11.0. The highest BCUT2D eigenvalue weighted by Crippen LogP contribution is 2.27. The second kappa shape index (κ2) is 4.48. The van der Waals surface area contributed by atoms with Crippen LogP contribution in [0.3, 0.4) is 0 Å². The third-order valence-corrected chi connectivity index (χ3v) is 2.66. The summed E-state index contributed by atoms with van der Waals surface area (Å²) in [5.41, 5.74) is -0.635. The first-order chi connectivity index (χ1) is 6.22. The quantitative estimate of drug-likeness (QED) is 0.688. The number of hydrogen-bond donors (Lipinski definition) is 1. The van der Waals surface area contributed by atoms with E-state index >= 15 is 0 Å². The lowest BCUT2D eigenvalue weighted by Gasteiger charge is -2.31. The van der Waals surface area contributed by atoms with Crippen LogP contribution in [-0.4, -0.2) is 17.3 Å². The van der Waals surface area contributed by atoms with Gasteiger partial charge in [0, 0.05) is 0 Å². The molecule has 0 atom stereocenters. The molecule has 1 rings (SSSR count). The molecule has 0 aromatic heterocycles. The molecular formula is C9H13ClN2O. The monoisotopic (exact) mass is 200 g/mol. The van der Waals surface area contributed by atoms with E-state index in [0.29, 0.717) is 0 Å². The van der Waals surface area contributed by atoms with Crippen molar-refractivity contribution in [3.05, 3.63) is 0 Å². The van der Waals surface area contributed by atoms with Crippen LogP contribution in [0.15, 0.2) is 0 Å². The minimum Gasteiger partial charge on any atom is -0.337 e. The lowest BCUT2D eigenvalue weighted by atomic mass is 9.83. The maximum absolute atomic E-state index is 11.0. The van der Waals surface area contributed by atoms with Crippen LogP contribution in [-0.2, 0) is 4.79 Å². The Morgan fingerprint density at radius 1 is 1.46 bits per heavy atom. The van der Waals surface area contributed by atoms with Crippen LogP contribution in [0.1, 0.15) is 32.1 Å². The third-order valence-electron chi connectivity index (χ3n) is 2.42. The normalized spacial score (nSPS) is 20.3. The minimum absolute atomic E-state index is 0.0660. The Kier molecular flexibility index (Phi) is 3.56. The summed E-state index contributed by atoms with van der Waals surface area (Å²) < 4.78 is 0. The Hall–Kier alpha value is -0.750. The summed E-state index contributed by atoms with van der Waals surface area (Å²) >= 11 is 5.37. The first-order valence-corrected chi connectivity index (χ1v) is 5.04. The number of nitrogens with one attached hydrogen (secondary N) is 1. The second-order valence-corrected chi connectivity index (χ2v) is 3.70. The van der Waals surface area contributed by atoms with E-state index in [1.807, 2.05) is 0 Å². The molecule has 3 nitrogen and oxygen atoms in total. The molecule has 0 aliphatic heterocycles. The third kappa shape index (κ3) is 2.60. The van der Waals surface area contributed by atoms with Gasteiger partial charge in [-0.15, -0.1) is 11.6 Å². The maximum Gasteiger partial charge on any atom is 0.236 e. The Morgan fingerprint density at radius 3 is 2.54 bits per heavy atom. The predicted octanol–water partition coefficient (Wildman–Crippen LogP) is 1.57. The van der Waals surface area contributed by atoms with Crippen molar-refractivity contribution in [3.63, 3.8) is 0 Å². The van der Waals surface area contributed by atoms with Crippen molar-refractivity contribution in [3.8, 4) is 6.07 Å². The van der Waals surface area contributed by atoms with Gasteiger partial charge in [-0.05, 0) is 12.8 Å². The molecule has 1 N–H and O–H groups in total. The van der Waals surface area contributed by atoms with Gasteiger partial charge < -0.3 is 5.32 Å². The van der Waals surface area contributed by atoms with Crippen LogP contribution in [0.2, 0.25) is 0 Å². The molecule has 0 aromatic carbocycles. The van der Waals surface area contributed by atoms with Crippen molar-refractivity contribution in [2.75, 3.05) is 5.88 Å². The molecule has 0 bridgehead atoms. The summed E-state index contributed by atoms with van der Waals surface area (Å²) in [6, 6.07) is 2.19. The van der Waals surface area contributed by atoms with Gasteiger partial charge in [0.05, 0.1) is 6.07 Å². The van der Waals surface area contributed by atoms with Crippen LogP contribution >= 0.6 is 11.6 Å². The number of hydrogen-bond acceptors (Lipinski definition) is 2. The number of halogens is 1. The molecule has 0 spiro atoms. The van der Waals surface area contributed by atoms with Crippen LogP contribution in [0.4, 0.5) is 0 Å². The Bertz CT molecular complexity index is 228. The summed E-state index contributed by atoms with van der Waals surface area (Å²) in [6.07, 6.45) is 4.69. The number of nitrogens with zero attached hydrogens (tertiary/aromatic N) is 1. The molecule has 1 fully saturated rings. The van der Waals surface area contributed by atoms with E-state index in [1.165, 1.54) is 0 Å². The maximum atomic E-state index is 11.0. The van der Waals surface area contributed by atoms with Crippen molar-refractivity contribution in [2.24, 2.45) is 0 Å². The largest absolute Gasteiger partial charge is 0.337 e.